The third-order valence-corrected chi connectivity index (χ3v) is 3.55. The van der Waals surface area contributed by atoms with Crippen molar-refractivity contribution in [2.45, 2.75) is 13.1 Å². The van der Waals surface area contributed by atoms with E-state index in [1.807, 2.05) is 24.4 Å². The minimum absolute atomic E-state index is 0.402. The number of pyridine rings is 1. The van der Waals surface area contributed by atoms with Crippen molar-refractivity contribution in [1.82, 2.24) is 9.88 Å². The largest absolute Gasteiger partial charge is 0.320 e. The van der Waals surface area contributed by atoms with Crippen LogP contribution in [0.2, 0.25) is 0 Å². The third kappa shape index (κ3) is 4.18. The van der Waals surface area contributed by atoms with E-state index in [0.29, 0.717) is 6.54 Å². The van der Waals surface area contributed by atoms with Gasteiger partial charge in [-0.15, -0.1) is 11.3 Å². The summed E-state index contributed by atoms with van der Waals surface area (Å²) in [6.07, 6.45) is 1.83. The molecule has 0 spiro atoms. The lowest BCUT2D eigenvalue weighted by atomic mass is 10.2. The minimum atomic E-state index is 0.402. The lowest BCUT2D eigenvalue weighted by molar-refractivity contribution is 0.318. The van der Waals surface area contributed by atoms with Gasteiger partial charge in [-0.3, -0.25) is 9.88 Å². The number of hydrogen-bond acceptors (Lipinski definition) is 4. The topological polar surface area (TPSA) is 42.2 Å². The summed E-state index contributed by atoms with van der Waals surface area (Å²) in [4.78, 5) is 7.85. The van der Waals surface area contributed by atoms with Crippen LogP contribution in [0.25, 0.3) is 0 Å². The molecule has 2 rings (SSSR count). The van der Waals surface area contributed by atoms with E-state index in [9.17, 15) is 0 Å². The molecule has 0 aromatic carbocycles. The lowest BCUT2D eigenvalue weighted by Crippen LogP contribution is -2.17. The molecule has 0 aliphatic carbocycles. The van der Waals surface area contributed by atoms with Crippen molar-refractivity contribution >= 4 is 11.3 Å². The van der Waals surface area contributed by atoms with Crippen LogP contribution in [-0.2, 0) is 13.1 Å². The monoisotopic (exact) mass is 271 g/mol. The Balaban J connectivity index is 1.99. The molecule has 0 radical (unpaired) electrons. The highest BCUT2D eigenvalue weighted by molar-refractivity contribution is 7.10. The van der Waals surface area contributed by atoms with Crippen LogP contribution >= 0.6 is 11.3 Å². The van der Waals surface area contributed by atoms with E-state index >= 15 is 0 Å². The first-order chi connectivity index (χ1) is 9.29. The maximum Gasteiger partial charge on any atom is 0.0555 e. The quantitative estimate of drug-likeness (QED) is 0.866. The van der Waals surface area contributed by atoms with Crippen molar-refractivity contribution in [1.29, 1.82) is 0 Å². The molecule has 0 fully saturated rings. The predicted molar refractivity (Wildman–Crippen MR) is 79.7 cm³/mol. The van der Waals surface area contributed by atoms with Crippen molar-refractivity contribution in [3.63, 3.8) is 0 Å². The second-order valence-electron chi connectivity index (χ2n) is 4.26. The Morgan fingerprint density at radius 2 is 2.21 bits per heavy atom. The standard InChI is InChI=1S/C15H17N3S/c1-18(11-14-6-2-3-9-17-14)12-15-13(5-4-8-16)7-10-19-15/h2-3,6-7,9-10H,8,11-12,16H2,1H3. The highest BCUT2D eigenvalue weighted by atomic mass is 32.1. The number of nitrogens with zero attached hydrogens (tertiary/aromatic N) is 2. The molecule has 4 heteroatoms. The molecule has 0 bridgehead atoms. The maximum atomic E-state index is 5.41. The van der Waals surface area contributed by atoms with Crippen LogP contribution < -0.4 is 5.73 Å². The van der Waals surface area contributed by atoms with Gasteiger partial charge in [-0.25, -0.2) is 0 Å². The first-order valence-electron chi connectivity index (χ1n) is 6.13. The van der Waals surface area contributed by atoms with E-state index in [2.05, 4.69) is 40.2 Å². The van der Waals surface area contributed by atoms with E-state index in [4.69, 9.17) is 5.73 Å². The van der Waals surface area contributed by atoms with Crippen LogP contribution in [0.5, 0.6) is 0 Å². The summed E-state index contributed by atoms with van der Waals surface area (Å²) in [6.45, 7) is 2.12. The van der Waals surface area contributed by atoms with Crippen molar-refractivity contribution in [3.05, 3.63) is 52.0 Å². The van der Waals surface area contributed by atoms with Gasteiger partial charge >= 0.3 is 0 Å². The average molecular weight is 271 g/mol. The molecule has 0 saturated carbocycles. The van der Waals surface area contributed by atoms with Gasteiger partial charge in [0.15, 0.2) is 0 Å². The smallest absolute Gasteiger partial charge is 0.0555 e. The molecule has 0 unspecified atom stereocenters. The summed E-state index contributed by atoms with van der Waals surface area (Å²) in [5.41, 5.74) is 7.58. The Morgan fingerprint density at radius 3 is 2.95 bits per heavy atom. The summed E-state index contributed by atoms with van der Waals surface area (Å²) >= 11 is 1.73. The Labute approximate surface area is 118 Å². The van der Waals surface area contributed by atoms with Gasteiger partial charge < -0.3 is 5.73 Å². The van der Waals surface area contributed by atoms with Gasteiger partial charge in [0, 0.05) is 29.7 Å². The summed E-state index contributed by atoms with van der Waals surface area (Å²) in [6, 6.07) is 8.04. The lowest BCUT2D eigenvalue weighted by Gasteiger charge is -2.15. The van der Waals surface area contributed by atoms with E-state index in [1.165, 1.54) is 4.88 Å². The Morgan fingerprint density at radius 1 is 1.32 bits per heavy atom. The number of rotatable bonds is 4. The average Bonchev–Trinajstić information content (AvgIpc) is 2.84. The second kappa shape index (κ2) is 7.05. The molecule has 0 amide bonds. The summed E-state index contributed by atoms with van der Waals surface area (Å²) < 4.78 is 0. The maximum absolute atomic E-state index is 5.41. The van der Waals surface area contributed by atoms with Crippen LogP contribution in [-0.4, -0.2) is 23.5 Å². The molecule has 0 aliphatic rings. The first kappa shape index (κ1) is 13.8. The highest BCUT2D eigenvalue weighted by Gasteiger charge is 2.07. The number of thiophene rings is 1. The molecular formula is C15H17N3S. The van der Waals surface area contributed by atoms with E-state index in [-0.39, 0.29) is 0 Å². The van der Waals surface area contributed by atoms with Crippen LogP contribution in [0.4, 0.5) is 0 Å². The molecular weight excluding hydrogens is 254 g/mol. The highest BCUT2D eigenvalue weighted by Crippen LogP contribution is 2.18. The van der Waals surface area contributed by atoms with Crippen molar-refractivity contribution in [2.75, 3.05) is 13.6 Å². The fourth-order valence-corrected chi connectivity index (χ4v) is 2.70. The zero-order valence-corrected chi connectivity index (χ0v) is 11.8. The molecule has 98 valence electrons. The van der Waals surface area contributed by atoms with Crippen molar-refractivity contribution in [3.8, 4) is 11.8 Å². The molecule has 3 nitrogen and oxygen atoms in total. The fourth-order valence-electron chi connectivity index (χ4n) is 1.79. The van der Waals surface area contributed by atoms with E-state index in [1.54, 1.807) is 11.3 Å². The zero-order valence-electron chi connectivity index (χ0n) is 11.0. The van der Waals surface area contributed by atoms with Gasteiger partial charge in [0.25, 0.3) is 0 Å². The fraction of sp³-hybridized carbons (Fsp3) is 0.267. The molecule has 19 heavy (non-hydrogen) atoms. The second-order valence-corrected chi connectivity index (χ2v) is 5.26. The Bertz CT molecular complexity index is 566. The van der Waals surface area contributed by atoms with Crippen molar-refractivity contribution in [2.24, 2.45) is 5.73 Å². The minimum Gasteiger partial charge on any atom is -0.320 e. The molecule has 2 heterocycles. The van der Waals surface area contributed by atoms with Gasteiger partial charge in [0.2, 0.25) is 0 Å². The number of nitrogens with two attached hydrogens (primary N) is 1. The third-order valence-electron chi connectivity index (χ3n) is 2.64. The van der Waals surface area contributed by atoms with Gasteiger partial charge in [0.05, 0.1) is 12.2 Å². The van der Waals surface area contributed by atoms with E-state index < -0.39 is 0 Å². The molecule has 0 aliphatic heterocycles. The van der Waals surface area contributed by atoms with E-state index in [0.717, 1.165) is 24.3 Å². The molecule has 0 saturated heterocycles. The normalized spacial score (nSPS) is 10.3. The predicted octanol–water partition coefficient (Wildman–Crippen LogP) is 2.09. The van der Waals surface area contributed by atoms with Crippen LogP contribution in [0.1, 0.15) is 16.1 Å². The Kier molecular flexibility index (Phi) is 5.10. The number of aromatic nitrogens is 1. The van der Waals surface area contributed by atoms with Gasteiger partial charge in [-0.05, 0) is 30.6 Å². The van der Waals surface area contributed by atoms with Crippen LogP contribution in [0.3, 0.4) is 0 Å². The molecule has 0 atom stereocenters. The van der Waals surface area contributed by atoms with Gasteiger partial charge in [-0.1, -0.05) is 17.9 Å². The summed E-state index contributed by atoms with van der Waals surface area (Å²) in [5, 5.41) is 2.07. The van der Waals surface area contributed by atoms with Gasteiger partial charge in [0.1, 0.15) is 0 Å². The summed E-state index contributed by atoms with van der Waals surface area (Å²) in [5.74, 6) is 6.02. The van der Waals surface area contributed by atoms with Crippen molar-refractivity contribution < 1.29 is 0 Å². The SMILES string of the molecule is CN(Cc1ccccn1)Cc1sccc1C#CCN. The number of hydrogen-bond donors (Lipinski definition) is 1. The van der Waals surface area contributed by atoms with Gasteiger partial charge in [-0.2, -0.15) is 0 Å². The summed E-state index contributed by atoms with van der Waals surface area (Å²) in [7, 11) is 2.09. The van der Waals surface area contributed by atoms with Crippen LogP contribution in [0, 0.1) is 11.8 Å². The zero-order chi connectivity index (χ0) is 13.5. The molecule has 2 aromatic heterocycles. The Hall–Kier alpha value is -1.67. The first-order valence-corrected chi connectivity index (χ1v) is 7.01. The molecule has 2 N–H and O–H groups in total. The van der Waals surface area contributed by atoms with Crippen LogP contribution in [0.15, 0.2) is 35.8 Å². The molecule has 2 aromatic rings.